The molecule has 346 valence electrons. The lowest BCUT2D eigenvalue weighted by molar-refractivity contribution is -0.141. The Morgan fingerprint density at radius 3 is 2.27 bits per heavy atom. The molecule has 20 heteroatoms. The van der Waals surface area contributed by atoms with Crippen LogP contribution in [-0.4, -0.2) is 131 Å². The van der Waals surface area contributed by atoms with Gasteiger partial charge in [-0.3, -0.25) is 29.2 Å². The number of carbonyl (C=O) groups excluding carboxylic acids is 4. The van der Waals surface area contributed by atoms with E-state index in [1.807, 2.05) is 21.9 Å². The molecular formula is C46H51F2N11O6S. The summed E-state index contributed by atoms with van der Waals surface area (Å²) in [6.07, 6.45) is 10.8. The molecule has 17 nitrogen and oxygen atoms in total. The fourth-order valence-corrected chi connectivity index (χ4v) is 10.2. The van der Waals surface area contributed by atoms with Gasteiger partial charge < -0.3 is 25.0 Å². The summed E-state index contributed by atoms with van der Waals surface area (Å²) in [6.45, 7) is 5.97. The molecule has 0 bridgehead atoms. The Labute approximate surface area is 380 Å². The Morgan fingerprint density at radius 1 is 0.894 bits per heavy atom. The van der Waals surface area contributed by atoms with Crippen molar-refractivity contribution >= 4 is 62.1 Å². The van der Waals surface area contributed by atoms with Gasteiger partial charge in [-0.15, -0.1) is 0 Å². The smallest absolute Gasteiger partial charge is 0.301 e. The lowest BCUT2D eigenvalue weighted by Gasteiger charge is -2.47. The van der Waals surface area contributed by atoms with E-state index in [0.717, 1.165) is 60.9 Å². The molecule has 3 saturated heterocycles. The Hall–Kier alpha value is -6.38. The monoisotopic (exact) mass is 923 g/mol. The average molecular weight is 924 g/mol. The van der Waals surface area contributed by atoms with Gasteiger partial charge >= 0.3 is 10.2 Å². The third kappa shape index (κ3) is 9.08. The number of piperazine rings is 1. The molecule has 0 radical (unpaired) electrons. The molecule has 9 rings (SSSR count). The van der Waals surface area contributed by atoms with E-state index in [2.05, 4.69) is 52.3 Å². The van der Waals surface area contributed by atoms with Gasteiger partial charge in [0, 0.05) is 111 Å². The largest absolute Gasteiger partial charge is 0.374 e. The third-order valence-electron chi connectivity index (χ3n) is 13.5. The Bertz CT molecular complexity index is 2770. The van der Waals surface area contributed by atoms with Gasteiger partial charge in [-0.2, -0.15) is 12.7 Å². The number of aromatic nitrogens is 4. The van der Waals surface area contributed by atoms with Crippen LogP contribution in [0.25, 0.3) is 22.2 Å². The topological polar surface area (TPSA) is 206 Å². The number of piperidine rings is 2. The molecule has 4 aliphatic rings. The van der Waals surface area contributed by atoms with Crippen LogP contribution >= 0.6 is 0 Å². The lowest BCUT2D eigenvalue weighted by atomic mass is 9.77. The van der Waals surface area contributed by atoms with Crippen molar-refractivity contribution in [2.75, 3.05) is 67.8 Å². The summed E-state index contributed by atoms with van der Waals surface area (Å²) in [5.74, 6) is -2.80. The first-order valence-corrected chi connectivity index (χ1v) is 23.7. The Balaban J connectivity index is 0.750. The van der Waals surface area contributed by atoms with Crippen molar-refractivity contribution in [3.63, 3.8) is 0 Å². The highest BCUT2D eigenvalue weighted by atomic mass is 32.2. The van der Waals surface area contributed by atoms with E-state index >= 15 is 8.78 Å². The number of ketones is 1. The first kappa shape index (κ1) is 44.8. The van der Waals surface area contributed by atoms with E-state index < -0.39 is 44.9 Å². The molecule has 4 fully saturated rings. The van der Waals surface area contributed by atoms with Gasteiger partial charge in [0.05, 0.1) is 11.3 Å². The predicted molar refractivity (Wildman–Crippen MR) is 243 cm³/mol. The molecule has 1 saturated carbocycles. The number of halogens is 2. The molecule has 6 heterocycles. The quantitative estimate of drug-likeness (QED) is 0.0941. The maximum Gasteiger partial charge on any atom is 0.301 e. The van der Waals surface area contributed by atoms with Crippen LogP contribution in [0.2, 0.25) is 0 Å². The number of anilines is 3. The van der Waals surface area contributed by atoms with E-state index in [1.165, 1.54) is 18.8 Å². The fourth-order valence-electron chi connectivity index (χ4n) is 9.30. The first-order valence-electron chi connectivity index (χ1n) is 22.3. The number of likely N-dealkylation sites (tertiary alicyclic amines) is 1. The van der Waals surface area contributed by atoms with Gasteiger partial charge in [-0.25, -0.2) is 23.7 Å². The first-order chi connectivity index (χ1) is 31.8. The molecule has 66 heavy (non-hydrogen) atoms. The highest BCUT2D eigenvalue weighted by Crippen LogP contribution is 2.38. The number of aromatic amines is 1. The highest BCUT2D eigenvalue weighted by molar-refractivity contribution is 7.90. The molecule has 5 aromatic rings. The molecule has 3 aromatic heterocycles. The molecule has 1 aliphatic carbocycles. The van der Waals surface area contributed by atoms with Crippen molar-refractivity contribution in [3.8, 4) is 11.1 Å². The minimum atomic E-state index is -4.15. The zero-order chi connectivity index (χ0) is 46.3. The summed E-state index contributed by atoms with van der Waals surface area (Å²) < 4.78 is 58.8. The minimum absolute atomic E-state index is 0.0258. The van der Waals surface area contributed by atoms with E-state index in [1.54, 1.807) is 31.6 Å². The van der Waals surface area contributed by atoms with Gasteiger partial charge in [-0.1, -0.05) is 19.1 Å². The van der Waals surface area contributed by atoms with Crippen molar-refractivity contribution in [1.82, 2.24) is 39.4 Å². The van der Waals surface area contributed by atoms with Gasteiger partial charge in [-0.05, 0) is 87.0 Å². The molecule has 1 atom stereocenters. The summed E-state index contributed by atoms with van der Waals surface area (Å²) in [4.78, 5) is 73.8. The van der Waals surface area contributed by atoms with Crippen LogP contribution in [0.1, 0.15) is 72.9 Å². The summed E-state index contributed by atoms with van der Waals surface area (Å²) in [5, 5.41) is 5.93. The highest BCUT2D eigenvalue weighted by Gasteiger charge is 2.41. The van der Waals surface area contributed by atoms with E-state index in [-0.39, 0.29) is 35.7 Å². The normalized spacial score (nSPS) is 20.9. The third-order valence-corrected chi connectivity index (χ3v) is 15.1. The molecular weight excluding hydrogens is 873 g/mol. The van der Waals surface area contributed by atoms with E-state index in [4.69, 9.17) is 0 Å². The lowest BCUT2D eigenvalue weighted by Crippen LogP contribution is -2.55. The van der Waals surface area contributed by atoms with Crippen molar-refractivity contribution in [1.29, 1.82) is 0 Å². The standard InChI is InChI=1S/C46H51F2N11O6S/c1-3-56(2)66(64,65)55-37-9-8-36(47)40(41(37)48)42(61)35-26-50-43-34(35)22-30(23-49-43)31-24-51-46(52-25-31)59-18-16-58(17-19-59)45(63)29-20-33(21-29)57-14-12-28(13-15-57)27-4-6-32(7-5-27)53-38-10-11-39(60)54-44(38)62/h4-9,22-26,28-29,33,38,53,55H,3,10-21H2,1-2H3,(H,49,50)(H,54,60,62)/t29-,33+,38?. The number of H-pyrrole nitrogens is 1. The van der Waals surface area contributed by atoms with Crippen LogP contribution in [0.4, 0.5) is 26.1 Å². The van der Waals surface area contributed by atoms with Crippen LogP contribution < -0.4 is 20.3 Å². The van der Waals surface area contributed by atoms with Crippen molar-refractivity contribution in [3.05, 3.63) is 95.6 Å². The SMILES string of the molecule is CCN(C)S(=O)(=O)Nc1ccc(F)c(C(=O)c2c[nH]c3ncc(-c4cnc(N5CCN(C(=O)[C@H]6C[C@@H](N7CCC(c8ccc(NC9CCC(=O)NC9=O)cc8)CC7)C6)CC5)nc4)cc23)c1F. The van der Waals surface area contributed by atoms with Crippen LogP contribution in [0, 0.1) is 17.6 Å². The van der Waals surface area contributed by atoms with Crippen LogP contribution in [0.15, 0.2) is 67.3 Å². The van der Waals surface area contributed by atoms with Crippen LogP contribution in [-0.2, 0) is 24.6 Å². The van der Waals surface area contributed by atoms with Gasteiger partial charge in [0.15, 0.2) is 5.82 Å². The number of hydrogen-bond acceptors (Lipinski definition) is 12. The number of carbonyl (C=O) groups is 4. The van der Waals surface area contributed by atoms with Crippen LogP contribution in [0.3, 0.4) is 0 Å². The predicted octanol–water partition coefficient (Wildman–Crippen LogP) is 4.66. The zero-order valence-corrected chi connectivity index (χ0v) is 37.4. The van der Waals surface area contributed by atoms with Crippen LogP contribution in [0.5, 0.6) is 0 Å². The molecule has 3 aliphatic heterocycles. The van der Waals surface area contributed by atoms with Crippen molar-refractivity contribution in [2.45, 2.75) is 63.5 Å². The summed E-state index contributed by atoms with van der Waals surface area (Å²) in [6, 6.07) is 11.7. The number of nitrogens with zero attached hydrogens (tertiary/aromatic N) is 7. The number of fused-ring (bicyclic) bond motifs is 1. The maximum atomic E-state index is 15.6. The molecule has 1 unspecified atom stereocenters. The molecule has 2 aromatic carbocycles. The molecule has 3 amide bonds. The Kier molecular flexibility index (Phi) is 12.5. The number of imide groups is 1. The van der Waals surface area contributed by atoms with Crippen molar-refractivity contribution in [2.24, 2.45) is 5.92 Å². The zero-order valence-electron chi connectivity index (χ0n) is 36.6. The number of nitrogens with one attached hydrogen (secondary N) is 4. The average Bonchev–Trinajstić information content (AvgIpc) is 3.74. The molecule has 4 N–H and O–H groups in total. The molecule has 0 spiro atoms. The number of benzene rings is 2. The number of amides is 3. The van der Waals surface area contributed by atoms with E-state index in [0.29, 0.717) is 79.1 Å². The minimum Gasteiger partial charge on any atom is -0.374 e. The number of rotatable bonds is 13. The summed E-state index contributed by atoms with van der Waals surface area (Å²) >= 11 is 0. The number of hydrogen-bond donors (Lipinski definition) is 4. The van der Waals surface area contributed by atoms with Gasteiger partial charge in [0.25, 0.3) is 0 Å². The number of pyridine rings is 1. The van der Waals surface area contributed by atoms with Gasteiger partial charge in [0.1, 0.15) is 17.5 Å². The summed E-state index contributed by atoms with van der Waals surface area (Å²) in [7, 11) is -2.85. The van der Waals surface area contributed by atoms with E-state index in [9.17, 15) is 27.6 Å². The summed E-state index contributed by atoms with van der Waals surface area (Å²) in [5.41, 5.74) is 2.06. The second-order valence-corrected chi connectivity index (χ2v) is 19.2. The second kappa shape index (κ2) is 18.5. The van der Waals surface area contributed by atoms with Gasteiger partial charge in [0.2, 0.25) is 29.5 Å². The Morgan fingerprint density at radius 2 is 1.59 bits per heavy atom. The second-order valence-electron chi connectivity index (χ2n) is 17.4. The maximum absolute atomic E-state index is 15.6. The van der Waals surface area contributed by atoms with Crippen molar-refractivity contribution < 1.29 is 36.4 Å². The fraction of sp³-hybridized carbons (Fsp3) is 0.413.